The van der Waals surface area contributed by atoms with Gasteiger partial charge in [-0.05, 0) is 37.6 Å². The molecular formula is C15H25NO3. The van der Waals surface area contributed by atoms with Gasteiger partial charge >= 0.3 is 0 Å². The number of methoxy groups -OCH3 is 1. The predicted molar refractivity (Wildman–Crippen MR) is 77.1 cm³/mol. The molecule has 0 aliphatic heterocycles. The maximum Gasteiger partial charge on any atom is 0.119 e. The standard InChI is InChI=1S/C15H25NO3/c1-4-13(2)16-9-10-18-11-12-19-15-7-5-14(17-3)6-8-15/h5-8,13,16H,4,9-12H2,1-3H3. The van der Waals surface area contributed by atoms with Crippen LogP contribution in [0.1, 0.15) is 20.3 Å². The lowest BCUT2D eigenvalue weighted by molar-refractivity contribution is 0.100. The first-order valence-electron chi connectivity index (χ1n) is 6.84. The molecule has 1 rings (SSSR count). The first kappa shape index (κ1) is 15.8. The monoisotopic (exact) mass is 267 g/mol. The third kappa shape index (κ3) is 7.03. The lowest BCUT2D eigenvalue weighted by Gasteiger charge is -2.11. The van der Waals surface area contributed by atoms with E-state index < -0.39 is 0 Å². The van der Waals surface area contributed by atoms with Crippen LogP contribution >= 0.6 is 0 Å². The second kappa shape index (κ2) is 9.64. The van der Waals surface area contributed by atoms with Gasteiger partial charge < -0.3 is 19.5 Å². The van der Waals surface area contributed by atoms with Crippen LogP contribution in [0.15, 0.2) is 24.3 Å². The molecule has 0 aliphatic carbocycles. The lowest BCUT2D eigenvalue weighted by Crippen LogP contribution is -2.29. The van der Waals surface area contributed by atoms with E-state index in [4.69, 9.17) is 14.2 Å². The van der Waals surface area contributed by atoms with Crippen molar-refractivity contribution in [3.8, 4) is 11.5 Å². The van der Waals surface area contributed by atoms with Crippen molar-refractivity contribution in [1.82, 2.24) is 5.32 Å². The highest BCUT2D eigenvalue weighted by Crippen LogP contribution is 2.16. The topological polar surface area (TPSA) is 39.7 Å². The van der Waals surface area contributed by atoms with Crippen LogP contribution in [0.25, 0.3) is 0 Å². The Balaban J connectivity index is 2.01. The van der Waals surface area contributed by atoms with Gasteiger partial charge in [-0.15, -0.1) is 0 Å². The highest BCUT2D eigenvalue weighted by Gasteiger charge is 1.97. The SMILES string of the molecule is CCC(C)NCCOCCOc1ccc(OC)cc1. The number of hydrogen-bond donors (Lipinski definition) is 1. The summed E-state index contributed by atoms with van der Waals surface area (Å²) in [7, 11) is 1.65. The van der Waals surface area contributed by atoms with E-state index in [0.29, 0.717) is 19.3 Å². The maximum atomic E-state index is 5.55. The minimum absolute atomic E-state index is 0.555. The van der Waals surface area contributed by atoms with Crippen LogP contribution in [-0.2, 0) is 4.74 Å². The van der Waals surface area contributed by atoms with Gasteiger partial charge in [-0.2, -0.15) is 0 Å². The zero-order valence-electron chi connectivity index (χ0n) is 12.1. The van der Waals surface area contributed by atoms with Crippen LogP contribution in [0, 0.1) is 0 Å². The van der Waals surface area contributed by atoms with Crippen LogP contribution in [-0.4, -0.2) is 39.5 Å². The number of nitrogens with one attached hydrogen (secondary N) is 1. The van der Waals surface area contributed by atoms with E-state index in [1.807, 2.05) is 24.3 Å². The third-order valence-electron chi connectivity index (χ3n) is 2.91. The lowest BCUT2D eigenvalue weighted by atomic mass is 10.3. The van der Waals surface area contributed by atoms with Crippen molar-refractivity contribution in [2.45, 2.75) is 26.3 Å². The average Bonchev–Trinajstić information content (AvgIpc) is 2.46. The molecule has 0 bridgehead atoms. The van der Waals surface area contributed by atoms with Gasteiger partial charge in [0.25, 0.3) is 0 Å². The second-order valence-electron chi connectivity index (χ2n) is 4.40. The summed E-state index contributed by atoms with van der Waals surface area (Å²) in [6.45, 7) is 7.12. The smallest absolute Gasteiger partial charge is 0.119 e. The number of benzene rings is 1. The largest absolute Gasteiger partial charge is 0.497 e. The van der Waals surface area contributed by atoms with Crippen LogP contribution in [0.3, 0.4) is 0 Å². The molecule has 0 radical (unpaired) electrons. The van der Waals surface area contributed by atoms with E-state index in [-0.39, 0.29) is 0 Å². The van der Waals surface area contributed by atoms with Crippen LogP contribution < -0.4 is 14.8 Å². The quantitative estimate of drug-likeness (QED) is 0.661. The Labute approximate surface area is 116 Å². The molecular weight excluding hydrogens is 242 g/mol. The van der Waals surface area contributed by atoms with Gasteiger partial charge in [-0.1, -0.05) is 6.92 Å². The Kier molecular flexibility index (Phi) is 8.02. The van der Waals surface area contributed by atoms with E-state index in [9.17, 15) is 0 Å². The Bertz CT molecular complexity index is 327. The molecule has 1 unspecified atom stereocenters. The fourth-order valence-corrected chi connectivity index (χ4v) is 1.51. The average molecular weight is 267 g/mol. The molecule has 0 saturated carbocycles. The Morgan fingerprint density at radius 1 is 1.05 bits per heavy atom. The minimum atomic E-state index is 0.555. The fourth-order valence-electron chi connectivity index (χ4n) is 1.51. The highest BCUT2D eigenvalue weighted by molar-refractivity contribution is 5.31. The van der Waals surface area contributed by atoms with Crippen molar-refractivity contribution in [3.05, 3.63) is 24.3 Å². The molecule has 0 aromatic heterocycles. The molecule has 0 fully saturated rings. The summed E-state index contributed by atoms with van der Waals surface area (Å²) in [5, 5.41) is 3.37. The fraction of sp³-hybridized carbons (Fsp3) is 0.600. The zero-order chi connectivity index (χ0) is 13.9. The van der Waals surface area contributed by atoms with Gasteiger partial charge in [0.15, 0.2) is 0 Å². The first-order chi connectivity index (χ1) is 9.26. The van der Waals surface area contributed by atoms with E-state index in [0.717, 1.165) is 31.1 Å². The Morgan fingerprint density at radius 3 is 2.37 bits per heavy atom. The van der Waals surface area contributed by atoms with Crippen molar-refractivity contribution in [3.63, 3.8) is 0 Å². The molecule has 1 aromatic carbocycles. The van der Waals surface area contributed by atoms with Gasteiger partial charge in [-0.25, -0.2) is 0 Å². The molecule has 1 aromatic rings. The first-order valence-corrected chi connectivity index (χ1v) is 6.84. The minimum Gasteiger partial charge on any atom is -0.497 e. The molecule has 4 heteroatoms. The summed E-state index contributed by atoms with van der Waals surface area (Å²) in [5.74, 6) is 1.67. The van der Waals surface area contributed by atoms with E-state index in [2.05, 4.69) is 19.2 Å². The maximum absolute atomic E-state index is 5.55. The molecule has 1 atom stereocenters. The Morgan fingerprint density at radius 2 is 1.74 bits per heavy atom. The molecule has 0 amide bonds. The third-order valence-corrected chi connectivity index (χ3v) is 2.91. The predicted octanol–water partition coefficient (Wildman–Crippen LogP) is 2.48. The molecule has 0 spiro atoms. The van der Waals surface area contributed by atoms with E-state index >= 15 is 0 Å². The van der Waals surface area contributed by atoms with Crippen LogP contribution in [0.2, 0.25) is 0 Å². The molecule has 0 aliphatic rings. The zero-order valence-corrected chi connectivity index (χ0v) is 12.1. The molecule has 0 heterocycles. The summed E-state index contributed by atoms with van der Waals surface area (Å²) in [6, 6.07) is 8.10. The molecule has 108 valence electrons. The Hall–Kier alpha value is -1.26. The molecule has 4 nitrogen and oxygen atoms in total. The molecule has 1 N–H and O–H groups in total. The van der Waals surface area contributed by atoms with Gasteiger partial charge in [-0.3, -0.25) is 0 Å². The van der Waals surface area contributed by atoms with Crippen LogP contribution in [0.5, 0.6) is 11.5 Å². The van der Waals surface area contributed by atoms with Gasteiger partial charge in [0.2, 0.25) is 0 Å². The van der Waals surface area contributed by atoms with Crippen molar-refractivity contribution >= 4 is 0 Å². The molecule has 19 heavy (non-hydrogen) atoms. The second-order valence-corrected chi connectivity index (χ2v) is 4.40. The van der Waals surface area contributed by atoms with Crippen LogP contribution in [0.4, 0.5) is 0 Å². The number of hydrogen-bond acceptors (Lipinski definition) is 4. The summed E-state index contributed by atoms with van der Waals surface area (Å²) in [5.41, 5.74) is 0. The molecule has 0 saturated heterocycles. The number of rotatable bonds is 10. The summed E-state index contributed by atoms with van der Waals surface area (Å²) < 4.78 is 16.1. The summed E-state index contributed by atoms with van der Waals surface area (Å²) in [4.78, 5) is 0. The normalized spacial score (nSPS) is 12.2. The van der Waals surface area contributed by atoms with Gasteiger partial charge in [0, 0.05) is 12.6 Å². The highest BCUT2D eigenvalue weighted by atomic mass is 16.5. The van der Waals surface area contributed by atoms with Gasteiger partial charge in [0.1, 0.15) is 18.1 Å². The number of ether oxygens (including phenoxy) is 3. The summed E-state index contributed by atoms with van der Waals surface area (Å²) in [6.07, 6.45) is 1.14. The van der Waals surface area contributed by atoms with Crippen molar-refractivity contribution in [2.24, 2.45) is 0 Å². The van der Waals surface area contributed by atoms with Gasteiger partial charge in [0.05, 0.1) is 20.3 Å². The van der Waals surface area contributed by atoms with Crippen molar-refractivity contribution in [2.75, 3.05) is 33.5 Å². The van der Waals surface area contributed by atoms with E-state index in [1.165, 1.54) is 0 Å². The van der Waals surface area contributed by atoms with Crippen molar-refractivity contribution in [1.29, 1.82) is 0 Å². The van der Waals surface area contributed by atoms with E-state index in [1.54, 1.807) is 7.11 Å². The summed E-state index contributed by atoms with van der Waals surface area (Å²) >= 11 is 0. The van der Waals surface area contributed by atoms with Crippen molar-refractivity contribution < 1.29 is 14.2 Å².